The molecule has 1 atom stereocenters. The Morgan fingerprint density at radius 1 is 1.20 bits per heavy atom. The highest BCUT2D eigenvalue weighted by Gasteiger charge is 2.14. The molecule has 0 aromatic heterocycles. The number of ether oxygens (including phenoxy) is 1. The molecular formula is C15H15NO4. The molecule has 0 aliphatic carbocycles. The Labute approximate surface area is 116 Å². The Morgan fingerprint density at radius 3 is 2.60 bits per heavy atom. The van der Waals surface area contributed by atoms with E-state index in [1.165, 1.54) is 6.92 Å². The Balaban J connectivity index is 1.95. The van der Waals surface area contributed by atoms with Crippen LogP contribution in [0.2, 0.25) is 0 Å². The Hall–Kier alpha value is -2.56. The fourth-order valence-electron chi connectivity index (χ4n) is 1.75. The summed E-state index contributed by atoms with van der Waals surface area (Å²) in [7, 11) is 0. The summed E-state index contributed by atoms with van der Waals surface area (Å²) in [6.07, 6.45) is 0. The third-order valence-corrected chi connectivity index (χ3v) is 2.84. The van der Waals surface area contributed by atoms with Gasteiger partial charge in [-0.15, -0.1) is 0 Å². The summed E-state index contributed by atoms with van der Waals surface area (Å²) in [6, 6.07) is 12.4. The number of carboxylic acids is 1. The number of aliphatic carboxylic acids is 1. The lowest BCUT2D eigenvalue weighted by Gasteiger charge is -2.10. The van der Waals surface area contributed by atoms with E-state index in [4.69, 9.17) is 9.84 Å². The van der Waals surface area contributed by atoms with E-state index in [1.54, 1.807) is 6.07 Å². The van der Waals surface area contributed by atoms with Gasteiger partial charge in [0.15, 0.2) is 6.61 Å². The highest BCUT2D eigenvalue weighted by molar-refractivity contribution is 5.85. The van der Waals surface area contributed by atoms with Crippen molar-refractivity contribution in [3.8, 4) is 5.75 Å². The first kappa shape index (κ1) is 13.9. The van der Waals surface area contributed by atoms with Crippen molar-refractivity contribution >= 4 is 22.6 Å². The second-order valence-electron chi connectivity index (χ2n) is 4.43. The van der Waals surface area contributed by atoms with E-state index in [9.17, 15) is 9.59 Å². The average molecular weight is 273 g/mol. The molecule has 2 aromatic rings. The molecule has 5 nitrogen and oxygen atoms in total. The van der Waals surface area contributed by atoms with Crippen molar-refractivity contribution in [2.24, 2.45) is 0 Å². The fraction of sp³-hybridized carbons (Fsp3) is 0.200. The SMILES string of the molecule is CC(NC(=O)COc1ccc2ccccc2c1)C(=O)O. The van der Waals surface area contributed by atoms with E-state index in [1.807, 2.05) is 36.4 Å². The van der Waals surface area contributed by atoms with E-state index in [-0.39, 0.29) is 6.61 Å². The zero-order valence-electron chi connectivity index (χ0n) is 11.0. The maximum atomic E-state index is 11.5. The summed E-state index contributed by atoms with van der Waals surface area (Å²) >= 11 is 0. The van der Waals surface area contributed by atoms with Crippen LogP contribution in [-0.4, -0.2) is 29.6 Å². The van der Waals surface area contributed by atoms with Crippen LogP contribution in [-0.2, 0) is 9.59 Å². The van der Waals surface area contributed by atoms with Crippen LogP contribution in [0.4, 0.5) is 0 Å². The average Bonchev–Trinajstić information content (AvgIpc) is 2.44. The van der Waals surface area contributed by atoms with Gasteiger partial charge < -0.3 is 15.2 Å². The van der Waals surface area contributed by atoms with Gasteiger partial charge in [-0.1, -0.05) is 30.3 Å². The smallest absolute Gasteiger partial charge is 0.325 e. The standard InChI is InChI=1S/C15H15NO4/c1-10(15(18)19)16-14(17)9-20-13-7-6-11-4-2-3-5-12(11)8-13/h2-8,10H,9H2,1H3,(H,16,17)(H,18,19). The molecule has 0 aliphatic heterocycles. The monoisotopic (exact) mass is 273 g/mol. The largest absolute Gasteiger partial charge is 0.484 e. The normalized spacial score (nSPS) is 11.8. The predicted octanol–water partition coefficient (Wildman–Crippen LogP) is 1.81. The molecule has 0 aliphatic rings. The molecule has 0 spiro atoms. The topological polar surface area (TPSA) is 75.6 Å². The van der Waals surface area contributed by atoms with Gasteiger partial charge >= 0.3 is 5.97 Å². The number of carboxylic acid groups (broad SMARTS) is 1. The molecule has 0 fully saturated rings. The number of carbonyl (C=O) groups is 2. The zero-order valence-corrected chi connectivity index (χ0v) is 11.0. The molecule has 104 valence electrons. The van der Waals surface area contributed by atoms with Crippen LogP contribution in [0.3, 0.4) is 0 Å². The van der Waals surface area contributed by atoms with Gasteiger partial charge in [0.2, 0.25) is 0 Å². The number of amides is 1. The minimum atomic E-state index is -1.08. The van der Waals surface area contributed by atoms with Gasteiger partial charge in [-0.3, -0.25) is 9.59 Å². The van der Waals surface area contributed by atoms with E-state index in [0.29, 0.717) is 5.75 Å². The van der Waals surface area contributed by atoms with Crippen LogP contribution in [0.15, 0.2) is 42.5 Å². The van der Waals surface area contributed by atoms with Crippen molar-refractivity contribution in [2.75, 3.05) is 6.61 Å². The summed E-state index contributed by atoms with van der Waals surface area (Å²) in [5.41, 5.74) is 0. The molecular weight excluding hydrogens is 258 g/mol. The van der Waals surface area contributed by atoms with Crippen molar-refractivity contribution in [1.82, 2.24) is 5.32 Å². The van der Waals surface area contributed by atoms with Crippen LogP contribution in [0.25, 0.3) is 10.8 Å². The van der Waals surface area contributed by atoms with Gasteiger partial charge in [0.1, 0.15) is 11.8 Å². The molecule has 0 saturated heterocycles. The number of hydrogen-bond acceptors (Lipinski definition) is 3. The highest BCUT2D eigenvalue weighted by Crippen LogP contribution is 2.20. The number of carbonyl (C=O) groups excluding carboxylic acids is 1. The van der Waals surface area contributed by atoms with E-state index < -0.39 is 17.9 Å². The summed E-state index contributed by atoms with van der Waals surface area (Å²) in [6.45, 7) is 1.19. The first-order valence-corrected chi connectivity index (χ1v) is 6.20. The quantitative estimate of drug-likeness (QED) is 0.871. The number of rotatable bonds is 5. The molecule has 2 N–H and O–H groups in total. The van der Waals surface area contributed by atoms with Gasteiger partial charge in [0, 0.05) is 0 Å². The maximum Gasteiger partial charge on any atom is 0.325 e. The number of fused-ring (bicyclic) bond motifs is 1. The lowest BCUT2D eigenvalue weighted by Crippen LogP contribution is -2.40. The molecule has 2 rings (SSSR count). The molecule has 0 saturated carbocycles. The second-order valence-corrected chi connectivity index (χ2v) is 4.43. The summed E-state index contributed by atoms with van der Waals surface area (Å²) < 4.78 is 5.35. The first-order chi connectivity index (χ1) is 9.56. The van der Waals surface area contributed by atoms with Crippen LogP contribution in [0.1, 0.15) is 6.92 Å². The Morgan fingerprint density at radius 2 is 1.90 bits per heavy atom. The summed E-state index contributed by atoms with van der Waals surface area (Å²) in [5.74, 6) is -0.973. The molecule has 5 heteroatoms. The van der Waals surface area contributed by atoms with Crippen molar-refractivity contribution in [2.45, 2.75) is 13.0 Å². The second kappa shape index (κ2) is 6.06. The van der Waals surface area contributed by atoms with Crippen LogP contribution < -0.4 is 10.1 Å². The lowest BCUT2D eigenvalue weighted by molar-refractivity contribution is -0.141. The summed E-state index contributed by atoms with van der Waals surface area (Å²) in [5, 5.41) is 13.1. The van der Waals surface area contributed by atoms with Gasteiger partial charge in [-0.05, 0) is 29.8 Å². The zero-order chi connectivity index (χ0) is 14.5. The highest BCUT2D eigenvalue weighted by atomic mass is 16.5. The van der Waals surface area contributed by atoms with E-state index in [0.717, 1.165) is 10.8 Å². The molecule has 2 aromatic carbocycles. The van der Waals surface area contributed by atoms with E-state index in [2.05, 4.69) is 5.32 Å². The van der Waals surface area contributed by atoms with Gasteiger partial charge in [-0.25, -0.2) is 0 Å². The molecule has 20 heavy (non-hydrogen) atoms. The Kier molecular flexibility index (Phi) is 4.20. The van der Waals surface area contributed by atoms with Crippen molar-refractivity contribution in [3.63, 3.8) is 0 Å². The molecule has 1 unspecified atom stereocenters. The Bertz CT molecular complexity index is 639. The van der Waals surface area contributed by atoms with Gasteiger partial charge in [-0.2, -0.15) is 0 Å². The first-order valence-electron chi connectivity index (χ1n) is 6.20. The van der Waals surface area contributed by atoms with Crippen LogP contribution in [0, 0.1) is 0 Å². The third kappa shape index (κ3) is 3.47. The minimum absolute atomic E-state index is 0.212. The summed E-state index contributed by atoms with van der Waals surface area (Å²) in [4.78, 5) is 22.1. The lowest BCUT2D eigenvalue weighted by atomic mass is 10.1. The van der Waals surface area contributed by atoms with Crippen molar-refractivity contribution in [1.29, 1.82) is 0 Å². The number of nitrogens with one attached hydrogen (secondary N) is 1. The van der Waals surface area contributed by atoms with Gasteiger partial charge in [0.05, 0.1) is 0 Å². The minimum Gasteiger partial charge on any atom is -0.484 e. The van der Waals surface area contributed by atoms with Gasteiger partial charge in [0.25, 0.3) is 5.91 Å². The van der Waals surface area contributed by atoms with Crippen LogP contribution in [0.5, 0.6) is 5.75 Å². The third-order valence-electron chi connectivity index (χ3n) is 2.84. The maximum absolute atomic E-state index is 11.5. The van der Waals surface area contributed by atoms with Crippen LogP contribution >= 0.6 is 0 Å². The fourth-order valence-corrected chi connectivity index (χ4v) is 1.75. The number of hydrogen-bond donors (Lipinski definition) is 2. The molecule has 0 heterocycles. The molecule has 1 amide bonds. The number of benzene rings is 2. The molecule has 0 bridgehead atoms. The van der Waals surface area contributed by atoms with Crippen molar-refractivity contribution in [3.05, 3.63) is 42.5 Å². The van der Waals surface area contributed by atoms with E-state index >= 15 is 0 Å². The molecule has 0 radical (unpaired) electrons. The van der Waals surface area contributed by atoms with Crippen molar-refractivity contribution < 1.29 is 19.4 Å². The predicted molar refractivity (Wildman–Crippen MR) is 74.7 cm³/mol.